The molecule has 2 heterocycles. The molecule has 2 aromatic rings. The maximum atomic E-state index is 9.41. The molecule has 98 valence electrons. The van der Waals surface area contributed by atoms with E-state index in [2.05, 4.69) is 28.8 Å². The molecular formula is C12H19N5O. The van der Waals surface area contributed by atoms with Crippen molar-refractivity contribution in [3.63, 3.8) is 0 Å². The van der Waals surface area contributed by atoms with Crippen molar-refractivity contribution in [3.8, 4) is 0 Å². The number of nitrogens with two attached hydrogens (primary N) is 1. The SMILES string of the molecule is CCC(CO)c1nc(N)nc2c1ncn2C(C)C. The van der Waals surface area contributed by atoms with Crippen molar-refractivity contribution in [1.29, 1.82) is 0 Å². The van der Waals surface area contributed by atoms with Gasteiger partial charge in [-0.15, -0.1) is 0 Å². The standard InChI is InChI=1S/C12H19N5O/c1-4-8(5-18)9-10-11(16-12(13)15-9)17(6-14-10)7(2)3/h6-8,18H,4-5H2,1-3H3,(H2,13,15,16). The summed E-state index contributed by atoms with van der Waals surface area (Å²) in [5.74, 6) is 0.181. The van der Waals surface area contributed by atoms with Crippen LogP contribution in [-0.2, 0) is 0 Å². The number of nitrogens with zero attached hydrogens (tertiary/aromatic N) is 4. The molecule has 0 bridgehead atoms. The largest absolute Gasteiger partial charge is 0.396 e. The number of hydrogen-bond acceptors (Lipinski definition) is 5. The Labute approximate surface area is 106 Å². The molecule has 1 atom stereocenters. The lowest BCUT2D eigenvalue weighted by Crippen LogP contribution is -2.10. The number of aromatic nitrogens is 4. The van der Waals surface area contributed by atoms with Gasteiger partial charge in [0.15, 0.2) is 5.65 Å². The van der Waals surface area contributed by atoms with Crippen molar-refractivity contribution in [2.75, 3.05) is 12.3 Å². The van der Waals surface area contributed by atoms with Gasteiger partial charge in [-0.25, -0.2) is 9.97 Å². The maximum Gasteiger partial charge on any atom is 0.222 e. The van der Waals surface area contributed by atoms with E-state index >= 15 is 0 Å². The monoisotopic (exact) mass is 249 g/mol. The van der Waals surface area contributed by atoms with Gasteiger partial charge < -0.3 is 15.4 Å². The lowest BCUT2D eigenvalue weighted by molar-refractivity contribution is 0.261. The summed E-state index contributed by atoms with van der Waals surface area (Å²) in [6.07, 6.45) is 2.54. The van der Waals surface area contributed by atoms with Gasteiger partial charge in [-0.3, -0.25) is 0 Å². The summed E-state index contributed by atoms with van der Waals surface area (Å²) in [7, 11) is 0. The molecule has 0 amide bonds. The zero-order valence-corrected chi connectivity index (χ0v) is 11.0. The van der Waals surface area contributed by atoms with E-state index in [1.165, 1.54) is 0 Å². The van der Waals surface area contributed by atoms with Crippen molar-refractivity contribution >= 4 is 17.1 Å². The Morgan fingerprint density at radius 2 is 2.11 bits per heavy atom. The molecule has 0 saturated heterocycles. The van der Waals surface area contributed by atoms with Crippen molar-refractivity contribution in [1.82, 2.24) is 19.5 Å². The molecule has 0 aliphatic heterocycles. The lowest BCUT2D eigenvalue weighted by Gasteiger charge is -2.13. The Hall–Kier alpha value is -1.69. The smallest absolute Gasteiger partial charge is 0.222 e. The normalized spacial score (nSPS) is 13.4. The molecule has 2 aromatic heterocycles. The van der Waals surface area contributed by atoms with Gasteiger partial charge in [0.2, 0.25) is 5.95 Å². The minimum absolute atomic E-state index is 0.0383. The first-order valence-corrected chi connectivity index (χ1v) is 6.19. The third-order valence-corrected chi connectivity index (χ3v) is 3.12. The Morgan fingerprint density at radius 3 is 2.67 bits per heavy atom. The molecule has 0 radical (unpaired) electrons. The highest BCUT2D eigenvalue weighted by molar-refractivity contribution is 5.75. The first kappa shape index (κ1) is 12.8. The number of nitrogen functional groups attached to an aromatic ring is 1. The number of anilines is 1. The molecule has 0 saturated carbocycles. The van der Waals surface area contributed by atoms with Crippen LogP contribution >= 0.6 is 0 Å². The van der Waals surface area contributed by atoms with Crippen molar-refractivity contribution < 1.29 is 5.11 Å². The topological polar surface area (TPSA) is 89.8 Å². The number of imidazole rings is 1. The molecular weight excluding hydrogens is 230 g/mol. The maximum absolute atomic E-state index is 9.41. The molecule has 1 unspecified atom stereocenters. The lowest BCUT2D eigenvalue weighted by atomic mass is 10.0. The molecule has 0 aliphatic rings. The summed E-state index contributed by atoms with van der Waals surface area (Å²) >= 11 is 0. The van der Waals surface area contributed by atoms with Crippen molar-refractivity contribution in [3.05, 3.63) is 12.0 Å². The summed E-state index contributed by atoms with van der Waals surface area (Å²) in [6, 6.07) is 0.256. The van der Waals surface area contributed by atoms with Gasteiger partial charge in [-0.2, -0.15) is 4.98 Å². The molecule has 6 heteroatoms. The van der Waals surface area contributed by atoms with Gasteiger partial charge >= 0.3 is 0 Å². The highest BCUT2D eigenvalue weighted by Gasteiger charge is 2.19. The van der Waals surface area contributed by atoms with Crippen LogP contribution in [0.15, 0.2) is 6.33 Å². The second kappa shape index (κ2) is 4.89. The number of rotatable bonds is 4. The fourth-order valence-corrected chi connectivity index (χ4v) is 2.03. The third-order valence-electron chi connectivity index (χ3n) is 3.12. The molecule has 0 aromatic carbocycles. The first-order chi connectivity index (χ1) is 8.58. The molecule has 3 N–H and O–H groups in total. The van der Waals surface area contributed by atoms with Crippen LogP contribution in [0.3, 0.4) is 0 Å². The molecule has 0 spiro atoms. The first-order valence-electron chi connectivity index (χ1n) is 6.19. The minimum Gasteiger partial charge on any atom is -0.396 e. The average Bonchev–Trinajstić information content (AvgIpc) is 2.74. The molecule has 0 fully saturated rings. The van der Waals surface area contributed by atoms with Gasteiger partial charge in [0.05, 0.1) is 18.6 Å². The quantitative estimate of drug-likeness (QED) is 0.856. The Kier molecular flexibility index (Phi) is 3.47. The predicted molar refractivity (Wildman–Crippen MR) is 70.2 cm³/mol. The summed E-state index contributed by atoms with van der Waals surface area (Å²) in [5, 5.41) is 9.41. The summed E-state index contributed by atoms with van der Waals surface area (Å²) in [5.41, 5.74) is 7.96. The summed E-state index contributed by atoms with van der Waals surface area (Å²) in [4.78, 5) is 12.9. The zero-order chi connectivity index (χ0) is 13.3. The van der Waals surface area contributed by atoms with E-state index in [-0.39, 0.29) is 24.5 Å². The van der Waals surface area contributed by atoms with E-state index in [4.69, 9.17) is 5.73 Å². The van der Waals surface area contributed by atoms with Crippen molar-refractivity contribution in [2.45, 2.75) is 39.2 Å². The van der Waals surface area contributed by atoms with Gasteiger partial charge in [0, 0.05) is 12.0 Å². The Balaban J connectivity index is 2.67. The van der Waals surface area contributed by atoms with Crippen LogP contribution in [0, 0.1) is 0 Å². The van der Waals surface area contributed by atoms with Crippen LogP contribution in [-0.4, -0.2) is 31.2 Å². The second-order valence-corrected chi connectivity index (χ2v) is 4.67. The van der Waals surface area contributed by atoms with Gasteiger partial charge in [0.25, 0.3) is 0 Å². The predicted octanol–water partition coefficient (Wildman–Crippen LogP) is 1.48. The number of aliphatic hydroxyl groups excluding tert-OH is 1. The highest BCUT2D eigenvalue weighted by atomic mass is 16.3. The summed E-state index contributed by atoms with van der Waals surface area (Å²) in [6.45, 7) is 6.16. The van der Waals surface area contributed by atoms with Crippen LogP contribution in [0.4, 0.5) is 5.95 Å². The zero-order valence-electron chi connectivity index (χ0n) is 11.0. The van der Waals surface area contributed by atoms with Crippen LogP contribution in [0.5, 0.6) is 0 Å². The van der Waals surface area contributed by atoms with Gasteiger partial charge in [0.1, 0.15) is 5.52 Å². The second-order valence-electron chi connectivity index (χ2n) is 4.67. The Bertz CT molecular complexity index is 545. The highest BCUT2D eigenvalue weighted by Crippen LogP contribution is 2.26. The van der Waals surface area contributed by atoms with E-state index in [1.807, 2.05) is 11.5 Å². The molecule has 6 nitrogen and oxygen atoms in total. The van der Waals surface area contributed by atoms with Gasteiger partial charge in [-0.1, -0.05) is 6.92 Å². The fourth-order valence-electron chi connectivity index (χ4n) is 2.03. The van der Waals surface area contributed by atoms with Crippen LogP contribution in [0.25, 0.3) is 11.2 Å². The van der Waals surface area contributed by atoms with E-state index in [9.17, 15) is 5.11 Å². The van der Waals surface area contributed by atoms with E-state index in [1.54, 1.807) is 6.33 Å². The van der Waals surface area contributed by atoms with Crippen molar-refractivity contribution in [2.24, 2.45) is 0 Å². The Morgan fingerprint density at radius 1 is 1.39 bits per heavy atom. The number of hydrogen-bond donors (Lipinski definition) is 2. The van der Waals surface area contributed by atoms with Crippen LogP contribution in [0.1, 0.15) is 44.8 Å². The van der Waals surface area contributed by atoms with E-state index < -0.39 is 0 Å². The van der Waals surface area contributed by atoms with Gasteiger partial charge in [-0.05, 0) is 20.3 Å². The summed E-state index contributed by atoms with van der Waals surface area (Å²) < 4.78 is 1.96. The number of fused-ring (bicyclic) bond motifs is 1. The molecule has 0 aliphatic carbocycles. The van der Waals surface area contributed by atoms with E-state index in [0.717, 1.165) is 23.3 Å². The van der Waals surface area contributed by atoms with Crippen LogP contribution in [0.2, 0.25) is 0 Å². The van der Waals surface area contributed by atoms with Crippen LogP contribution < -0.4 is 5.73 Å². The minimum atomic E-state index is -0.0479. The third kappa shape index (κ3) is 2.03. The molecule has 2 rings (SSSR count). The van der Waals surface area contributed by atoms with E-state index in [0.29, 0.717) is 0 Å². The molecule has 18 heavy (non-hydrogen) atoms. The fraction of sp³-hybridized carbons (Fsp3) is 0.583. The number of aliphatic hydroxyl groups is 1. The average molecular weight is 249 g/mol.